The molecule has 0 radical (unpaired) electrons. The number of nitrogens with zero attached hydrogens (tertiary/aromatic N) is 2. The van der Waals surface area contributed by atoms with Gasteiger partial charge in [-0.25, -0.2) is 4.79 Å². The maximum atomic E-state index is 12.8. The number of hydrogen-bond acceptors (Lipinski definition) is 5. The SMILES string of the molecule is O=C(O)c1cccc(-c2ccc(/C=N\N3C(=O)[C@@H]4[C@H](C3=O)[C@H]3C=C[C@H]4CC3)o2)c1. The second-order valence-corrected chi connectivity index (χ2v) is 7.66. The molecule has 1 aromatic carbocycles. The maximum absolute atomic E-state index is 12.8. The smallest absolute Gasteiger partial charge is 0.335 e. The number of carboxylic acid groups (broad SMARTS) is 1. The van der Waals surface area contributed by atoms with Crippen molar-refractivity contribution in [3.05, 3.63) is 59.9 Å². The van der Waals surface area contributed by atoms with Gasteiger partial charge in [0.05, 0.1) is 23.6 Å². The molecule has 1 aromatic heterocycles. The molecule has 1 N–H and O–H groups in total. The van der Waals surface area contributed by atoms with Crippen LogP contribution in [0.2, 0.25) is 0 Å². The van der Waals surface area contributed by atoms with Crippen molar-refractivity contribution in [2.75, 3.05) is 0 Å². The van der Waals surface area contributed by atoms with Crippen molar-refractivity contribution in [2.24, 2.45) is 28.8 Å². The zero-order valence-corrected chi connectivity index (χ0v) is 15.4. The quantitative estimate of drug-likeness (QED) is 0.491. The molecule has 1 saturated heterocycles. The van der Waals surface area contributed by atoms with Gasteiger partial charge in [-0.1, -0.05) is 24.3 Å². The van der Waals surface area contributed by atoms with E-state index in [1.165, 1.54) is 18.3 Å². The molecule has 146 valence electrons. The third-order valence-electron chi connectivity index (χ3n) is 6.06. The Labute approximate surface area is 166 Å². The molecule has 2 amide bonds. The molecule has 7 nitrogen and oxygen atoms in total. The molecule has 3 aliphatic carbocycles. The molecule has 6 rings (SSSR count). The van der Waals surface area contributed by atoms with Gasteiger partial charge in [0.1, 0.15) is 11.5 Å². The minimum Gasteiger partial charge on any atom is -0.478 e. The lowest BCUT2D eigenvalue weighted by molar-refractivity contribution is -0.140. The number of imide groups is 1. The molecule has 2 aromatic rings. The first-order valence-corrected chi connectivity index (χ1v) is 9.56. The molecule has 4 aliphatic rings. The number of rotatable bonds is 4. The molecule has 0 spiro atoms. The molecule has 2 fully saturated rings. The maximum Gasteiger partial charge on any atom is 0.335 e. The lowest BCUT2D eigenvalue weighted by Crippen LogP contribution is -2.38. The van der Waals surface area contributed by atoms with E-state index in [1.54, 1.807) is 24.3 Å². The monoisotopic (exact) mass is 390 g/mol. The predicted molar refractivity (Wildman–Crippen MR) is 103 cm³/mol. The number of hydrazone groups is 1. The van der Waals surface area contributed by atoms with Gasteiger partial charge in [-0.2, -0.15) is 10.1 Å². The minimum absolute atomic E-state index is 0.123. The number of allylic oxidation sites excluding steroid dienone is 2. The number of carboxylic acids is 1. The van der Waals surface area contributed by atoms with Gasteiger partial charge in [-0.3, -0.25) is 9.59 Å². The van der Waals surface area contributed by atoms with Crippen LogP contribution in [0.5, 0.6) is 0 Å². The predicted octanol–water partition coefficient (Wildman–Crippen LogP) is 3.18. The fourth-order valence-corrected chi connectivity index (χ4v) is 4.67. The van der Waals surface area contributed by atoms with Gasteiger partial charge < -0.3 is 9.52 Å². The van der Waals surface area contributed by atoms with E-state index in [-0.39, 0.29) is 41.0 Å². The molecule has 2 heterocycles. The summed E-state index contributed by atoms with van der Waals surface area (Å²) < 4.78 is 5.70. The summed E-state index contributed by atoms with van der Waals surface area (Å²) >= 11 is 0. The largest absolute Gasteiger partial charge is 0.478 e. The normalized spacial score (nSPS) is 27.8. The highest BCUT2D eigenvalue weighted by molar-refractivity contribution is 6.06. The second-order valence-electron chi connectivity index (χ2n) is 7.66. The highest BCUT2D eigenvalue weighted by Crippen LogP contribution is 2.49. The first-order chi connectivity index (χ1) is 14.0. The van der Waals surface area contributed by atoms with Gasteiger partial charge in [0, 0.05) is 5.56 Å². The molecule has 1 saturated carbocycles. The molecule has 4 atom stereocenters. The van der Waals surface area contributed by atoms with E-state index in [0.29, 0.717) is 17.1 Å². The zero-order chi connectivity index (χ0) is 20.1. The summed E-state index contributed by atoms with van der Waals surface area (Å²) in [6.07, 6.45) is 7.37. The van der Waals surface area contributed by atoms with Crippen LogP contribution in [0.1, 0.15) is 29.0 Å². The van der Waals surface area contributed by atoms with Crippen LogP contribution in [0.25, 0.3) is 11.3 Å². The standard InChI is InChI=1S/C22H18N2O5/c25-20-18-12-4-5-13(7-6-12)19(18)21(26)24(20)23-11-16-8-9-17(29-16)14-2-1-3-15(10-14)22(27)28/h1-5,8-13,18-19H,6-7H2,(H,27,28)/b23-11-/t12-,13-,18-,19+/m0/s1. The Morgan fingerprint density at radius 3 is 2.38 bits per heavy atom. The Kier molecular flexibility index (Phi) is 3.97. The van der Waals surface area contributed by atoms with Crippen LogP contribution >= 0.6 is 0 Å². The van der Waals surface area contributed by atoms with Gasteiger partial charge in [0.2, 0.25) is 0 Å². The number of amides is 2. The van der Waals surface area contributed by atoms with Crippen LogP contribution in [-0.2, 0) is 9.59 Å². The van der Waals surface area contributed by atoms with Crippen LogP contribution in [0.4, 0.5) is 0 Å². The number of furan rings is 1. The molecule has 1 aliphatic heterocycles. The van der Waals surface area contributed by atoms with E-state index < -0.39 is 5.97 Å². The van der Waals surface area contributed by atoms with E-state index in [9.17, 15) is 14.4 Å². The van der Waals surface area contributed by atoms with E-state index in [2.05, 4.69) is 17.3 Å². The lowest BCUT2D eigenvalue weighted by Gasteiger charge is -2.37. The fraction of sp³-hybridized carbons (Fsp3) is 0.273. The third-order valence-corrected chi connectivity index (χ3v) is 6.06. The van der Waals surface area contributed by atoms with Crippen molar-refractivity contribution in [1.29, 1.82) is 0 Å². The van der Waals surface area contributed by atoms with Crippen molar-refractivity contribution in [1.82, 2.24) is 5.01 Å². The highest BCUT2D eigenvalue weighted by Gasteiger charge is 2.56. The summed E-state index contributed by atoms with van der Waals surface area (Å²) in [5, 5.41) is 14.2. The fourth-order valence-electron chi connectivity index (χ4n) is 4.67. The number of fused-ring (bicyclic) bond motifs is 1. The summed E-state index contributed by atoms with van der Waals surface area (Å²) in [5.41, 5.74) is 0.778. The van der Waals surface area contributed by atoms with Crippen molar-refractivity contribution >= 4 is 24.0 Å². The van der Waals surface area contributed by atoms with Gasteiger partial charge >= 0.3 is 5.97 Å². The zero-order valence-electron chi connectivity index (χ0n) is 15.4. The Bertz CT molecular complexity index is 1050. The van der Waals surface area contributed by atoms with Crippen LogP contribution < -0.4 is 0 Å². The molecule has 29 heavy (non-hydrogen) atoms. The average Bonchev–Trinajstić information content (AvgIpc) is 3.32. The number of aromatic carboxylic acids is 1. The van der Waals surface area contributed by atoms with Crippen molar-refractivity contribution in [3.63, 3.8) is 0 Å². The van der Waals surface area contributed by atoms with E-state index in [0.717, 1.165) is 17.9 Å². The molecular formula is C22H18N2O5. The number of carbonyl (C=O) groups is 3. The van der Waals surface area contributed by atoms with E-state index >= 15 is 0 Å². The van der Waals surface area contributed by atoms with Gasteiger partial charge in [-0.05, 0) is 48.9 Å². The number of hydrogen-bond donors (Lipinski definition) is 1. The van der Waals surface area contributed by atoms with Crippen LogP contribution in [0.3, 0.4) is 0 Å². The van der Waals surface area contributed by atoms with Crippen molar-refractivity contribution < 1.29 is 23.9 Å². The number of carbonyl (C=O) groups excluding carboxylic acids is 2. The summed E-state index contributed by atoms with van der Waals surface area (Å²) in [7, 11) is 0. The van der Waals surface area contributed by atoms with Gasteiger partial charge in [0.15, 0.2) is 0 Å². The Hall–Kier alpha value is -3.48. The van der Waals surface area contributed by atoms with Gasteiger partial charge in [-0.15, -0.1) is 0 Å². The van der Waals surface area contributed by atoms with E-state index in [1.807, 2.05) is 0 Å². The Morgan fingerprint density at radius 2 is 1.76 bits per heavy atom. The van der Waals surface area contributed by atoms with Crippen LogP contribution in [0.15, 0.2) is 58.1 Å². The summed E-state index contributed by atoms with van der Waals surface area (Å²) in [6.45, 7) is 0. The summed E-state index contributed by atoms with van der Waals surface area (Å²) in [5.74, 6) is -0.995. The average molecular weight is 390 g/mol. The lowest BCUT2D eigenvalue weighted by atomic mass is 9.63. The third kappa shape index (κ3) is 2.81. The topological polar surface area (TPSA) is 100 Å². The van der Waals surface area contributed by atoms with E-state index in [4.69, 9.17) is 9.52 Å². The first-order valence-electron chi connectivity index (χ1n) is 9.56. The molecule has 0 unspecified atom stereocenters. The van der Waals surface area contributed by atoms with Crippen molar-refractivity contribution in [2.45, 2.75) is 12.8 Å². The molecular weight excluding hydrogens is 372 g/mol. The summed E-state index contributed by atoms with van der Waals surface area (Å²) in [6, 6.07) is 9.76. The Morgan fingerprint density at radius 1 is 1.07 bits per heavy atom. The highest BCUT2D eigenvalue weighted by atomic mass is 16.4. The second kappa shape index (κ2) is 6.55. The summed E-state index contributed by atoms with van der Waals surface area (Å²) in [4.78, 5) is 36.7. The molecule has 2 bridgehead atoms. The first kappa shape index (κ1) is 17.6. The van der Waals surface area contributed by atoms with Crippen LogP contribution in [0, 0.1) is 23.7 Å². The number of benzene rings is 1. The van der Waals surface area contributed by atoms with Gasteiger partial charge in [0.25, 0.3) is 11.8 Å². The van der Waals surface area contributed by atoms with Crippen molar-refractivity contribution in [3.8, 4) is 11.3 Å². The van der Waals surface area contributed by atoms with Crippen LogP contribution in [-0.4, -0.2) is 34.1 Å². The minimum atomic E-state index is -1.02. The molecule has 7 heteroatoms. The Balaban J connectivity index is 1.37.